The number of rotatable bonds is 4. The maximum Gasteiger partial charge on any atom is 0.0543 e. The van der Waals surface area contributed by atoms with Crippen molar-refractivity contribution in [1.82, 2.24) is 9.88 Å². The van der Waals surface area contributed by atoms with Crippen molar-refractivity contribution in [3.8, 4) is 0 Å². The molecule has 0 spiro atoms. The Kier molecular flexibility index (Phi) is 4.33. The number of pyridine rings is 1. The summed E-state index contributed by atoms with van der Waals surface area (Å²) in [7, 11) is 2.07. The summed E-state index contributed by atoms with van der Waals surface area (Å²) in [5, 5.41) is 0. The molecule has 1 heterocycles. The fraction of sp³-hybridized carbons (Fsp3) is 0.214. The molecule has 2 rings (SSSR count). The predicted molar refractivity (Wildman–Crippen MR) is 78.0 cm³/mol. The number of nitrogens with two attached hydrogens (primary N) is 1. The summed E-state index contributed by atoms with van der Waals surface area (Å²) in [6.07, 6.45) is 1.82. The number of hydrogen-bond donors (Lipinski definition) is 1. The molecule has 0 aliphatic carbocycles. The number of aromatic nitrogens is 1. The Hall–Kier alpha value is -1.39. The topological polar surface area (TPSA) is 42.2 Å². The zero-order chi connectivity index (χ0) is 13.0. The third kappa shape index (κ3) is 3.55. The number of anilines is 1. The molecule has 0 saturated carbocycles. The molecule has 2 N–H and O–H groups in total. The lowest BCUT2D eigenvalue weighted by Gasteiger charge is -2.17. The van der Waals surface area contributed by atoms with Crippen LogP contribution in [0.5, 0.6) is 0 Å². The summed E-state index contributed by atoms with van der Waals surface area (Å²) in [6, 6.07) is 12.0. The Morgan fingerprint density at radius 2 is 2.06 bits per heavy atom. The zero-order valence-corrected chi connectivity index (χ0v) is 11.9. The molecule has 0 fully saturated rings. The van der Waals surface area contributed by atoms with Crippen LogP contribution in [0, 0.1) is 0 Å². The minimum Gasteiger partial charge on any atom is -0.398 e. The lowest BCUT2D eigenvalue weighted by molar-refractivity contribution is 0.315. The van der Waals surface area contributed by atoms with E-state index in [4.69, 9.17) is 5.73 Å². The van der Waals surface area contributed by atoms with Crippen LogP contribution in [0.15, 0.2) is 47.1 Å². The van der Waals surface area contributed by atoms with Crippen LogP contribution in [0.4, 0.5) is 5.69 Å². The van der Waals surface area contributed by atoms with Gasteiger partial charge in [0.1, 0.15) is 0 Å². The maximum atomic E-state index is 5.99. The van der Waals surface area contributed by atoms with E-state index in [0.29, 0.717) is 0 Å². The van der Waals surface area contributed by atoms with Crippen LogP contribution in [0.25, 0.3) is 0 Å². The molecule has 1 aromatic carbocycles. The molecule has 94 valence electrons. The van der Waals surface area contributed by atoms with Crippen LogP contribution >= 0.6 is 15.9 Å². The van der Waals surface area contributed by atoms with Crippen LogP contribution < -0.4 is 5.73 Å². The monoisotopic (exact) mass is 305 g/mol. The molecule has 4 heteroatoms. The summed E-state index contributed by atoms with van der Waals surface area (Å²) in [5.74, 6) is 0. The molecule has 3 nitrogen and oxygen atoms in total. The lowest BCUT2D eigenvalue weighted by atomic mass is 10.1. The average Bonchev–Trinajstić information content (AvgIpc) is 2.34. The van der Waals surface area contributed by atoms with Crippen molar-refractivity contribution >= 4 is 21.6 Å². The predicted octanol–water partition coefficient (Wildman–Crippen LogP) is 3.06. The van der Waals surface area contributed by atoms with Gasteiger partial charge in [0.05, 0.1) is 5.69 Å². The summed E-state index contributed by atoms with van der Waals surface area (Å²) in [5.41, 5.74) is 9.01. The van der Waals surface area contributed by atoms with Gasteiger partial charge in [-0.25, -0.2) is 0 Å². The first-order chi connectivity index (χ1) is 8.65. The van der Waals surface area contributed by atoms with E-state index in [1.165, 1.54) is 0 Å². The second kappa shape index (κ2) is 5.98. The van der Waals surface area contributed by atoms with Crippen molar-refractivity contribution < 1.29 is 0 Å². The number of nitrogens with zero attached hydrogens (tertiary/aromatic N) is 2. The largest absolute Gasteiger partial charge is 0.398 e. The standard InChI is InChI=1S/C14H16BrN3/c1-18(10-13-4-2-3-7-17-13)9-11-5-6-12(15)8-14(11)16/h2-8H,9-10,16H2,1H3. The van der Waals surface area contributed by atoms with Gasteiger partial charge in [-0.2, -0.15) is 0 Å². The average molecular weight is 306 g/mol. The van der Waals surface area contributed by atoms with Gasteiger partial charge in [0, 0.05) is 29.4 Å². The fourth-order valence-corrected chi connectivity index (χ4v) is 2.20. The Morgan fingerprint density at radius 3 is 2.72 bits per heavy atom. The van der Waals surface area contributed by atoms with Gasteiger partial charge in [-0.1, -0.05) is 28.1 Å². The lowest BCUT2D eigenvalue weighted by Crippen LogP contribution is -2.18. The molecule has 0 bridgehead atoms. The first kappa shape index (κ1) is 13.1. The van der Waals surface area contributed by atoms with Crippen LogP contribution in [0.3, 0.4) is 0 Å². The molecule has 0 unspecified atom stereocenters. The summed E-state index contributed by atoms with van der Waals surface area (Å²) in [4.78, 5) is 6.51. The van der Waals surface area contributed by atoms with E-state index in [9.17, 15) is 0 Å². The number of benzene rings is 1. The minimum absolute atomic E-state index is 0.815. The highest BCUT2D eigenvalue weighted by Gasteiger charge is 2.05. The molecule has 2 aromatic rings. The quantitative estimate of drug-likeness (QED) is 0.883. The maximum absolute atomic E-state index is 5.99. The van der Waals surface area contributed by atoms with Gasteiger partial charge in [-0.15, -0.1) is 0 Å². The third-order valence-electron chi connectivity index (χ3n) is 2.71. The van der Waals surface area contributed by atoms with E-state index in [2.05, 4.69) is 32.9 Å². The van der Waals surface area contributed by atoms with Crippen molar-refractivity contribution in [1.29, 1.82) is 0 Å². The smallest absolute Gasteiger partial charge is 0.0543 e. The first-order valence-electron chi connectivity index (χ1n) is 5.77. The SMILES string of the molecule is CN(Cc1ccccn1)Cc1ccc(Br)cc1N. The number of halogens is 1. The molecular formula is C14H16BrN3. The van der Waals surface area contributed by atoms with Crippen molar-refractivity contribution in [3.63, 3.8) is 0 Å². The van der Waals surface area contributed by atoms with Crippen molar-refractivity contribution in [2.45, 2.75) is 13.1 Å². The first-order valence-corrected chi connectivity index (χ1v) is 6.57. The van der Waals surface area contributed by atoms with Gasteiger partial charge < -0.3 is 5.73 Å². The molecule has 0 atom stereocenters. The van der Waals surface area contributed by atoms with Gasteiger partial charge in [0.25, 0.3) is 0 Å². The zero-order valence-electron chi connectivity index (χ0n) is 10.3. The Labute approximate surface area is 116 Å². The normalized spacial score (nSPS) is 10.8. The van der Waals surface area contributed by atoms with E-state index < -0.39 is 0 Å². The van der Waals surface area contributed by atoms with Gasteiger partial charge in [-0.3, -0.25) is 9.88 Å². The molecule has 0 aliphatic rings. The van der Waals surface area contributed by atoms with Crippen LogP contribution in [-0.2, 0) is 13.1 Å². The van der Waals surface area contributed by atoms with Crippen LogP contribution in [-0.4, -0.2) is 16.9 Å². The minimum atomic E-state index is 0.815. The molecule has 0 radical (unpaired) electrons. The van der Waals surface area contributed by atoms with Crippen LogP contribution in [0.1, 0.15) is 11.3 Å². The van der Waals surface area contributed by atoms with Crippen LogP contribution in [0.2, 0.25) is 0 Å². The summed E-state index contributed by atoms with van der Waals surface area (Å²) >= 11 is 3.41. The highest BCUT2D eigenvalue weighted by molar-refractivity contribution is 9.10. The van der Waals surface area contributed by atoms with Gasteiger partial charge in [0.15, 0.2) is 0 Å². The van der Waals surface area contributed by atoms with E-state index in [-0.39, 0.29) is 0 Å². The van der Waals surface area contributed by atoms with Gasteiger partial charge in [-0.05, 0) is 36.9 Å². The van der Waals surface area contributed by atoms with Gasteiger partial charge in [0.2, 0.25) is 0 Å². The number of nitrogen functional groups attached to an aromatic ring is 1. The van der Waals surface area contributed by atoms with Crippen molar-refractivity contribution in [2.75, 3.05) is 12.8 Å². The Morgan fingerprint density at radius 1 is 1.22 bits per heavy atom. The number of hydrogen-bond acceptors (Lipinski definition) is 3. The second-order valence-electron chi connectivity index (χ2n) is 4.34. The molecule has 0 amide bonds. The van der Waals surface area contributed by atoms with E-state index in [1.807, 2.05) is 42.6 Å². The Balaban J connectivity index is 2.01. The Bertz CT molecular complexity index is 514. The summed E-state index contributed by atoms with van der Waals surface area (Å²) in [6.45, 7) is 1.63. The molecule has 0 aliphatic heterocycles. The van der Waals surface area contributed by atoms with E-state index in [1.54, 1.807) is 0 Å². The highest BCUT2D eigenvalue weighted by Crippen LogP contribution is 2.20. The third-order valence-corrected chi connectivity index (χ3v) is 3.20. The fourth-order valence-electron chi connectivity index (χ4n) is 1.82. The van der Waals surface area contributed by atoms with Gasteiger partial charge >= 0.3 is 0 Å². The molecular weight excluding hydrogens is 290 g/mol. The highest BCUT2D eigenvalue weighted by atomic mass is 79.9. The second-order valence-corrected chi connectivity index (χ2v) is 5.25. The molecule has 0 saturated heterocycles. The summed E-state index contributed by atoms with van der Waals surface area (Å²) < 4.78 is 1.01. The molecule has 18 heavy (non-hydrogen) atoms. The van der Waals surface area contributed by atoms with Crippen molar-refractivity contribution in [3.05, 3.63) is 58.3 Å². The molecule has 1 aromatic heterocycles. The van der Waals surface area contributed by atoms with E-state index >= 15 is 0 Å². The van der Waals surface area contributed by atoms with E-state index in [0.717, 1.165) is 34.5 Å². The van der Waals surface area contributed by atoms with Crippen molar-refractivity contribution in [2.24, 2.45) is 0 Å².